The largest absolute Gasteiger partial charge is 0.486 e. The van der Waals surface area contributed by atoms with E-state index >= 15 is 0 Å². The van der Waals surface area contributed by atoms with Crippen molar-refractivity contribution in [1.82, 2.24) is 5.32 Å². The number of benzene rings is 2. The summed E-state index contributed by atoms with van der Waals surface area (Å²) >= 11 is 0. The number of hydrogen-bond acceptors (Lipinski definition) is 6. The Bertz CT molecular complexity index is 889. The molecule has 128 valence electrons. The molecule has 0 saturated heterocycles. The Hall–Kier alpha value is -2.99. The van der Waals surface area contributed by atoms with Gasteiger partial charge >= 0.3 is 0 Å². The number of dihydropyridines is 1. The minimum atomic E-state index is -0.0596. The number of nitrogens with one attached hydrogen (secondary N) is 1. The van der Waals surface area contributed by atoms with E-state index in [2.05, 4.69) is 5.32 Å². The van der Waals surface area contributed by atoms with Crippen LogP contribution >= 0.6 is 0 Å². The molecule has 6 nitrogen and oxygen atoms in total. The molecular formula is C19H18N2O4. The molecule has 2 aromatic carbocycles. The average Bonchev–Trinajstić information content (AvgIpc) is 2.66. The summed E-state index contributed by atoms with van der Waals surface area (Å²) in [7, 11) is 0. The Labute approximate surface area is 144 Å². The molecule has 0 aromatic heterocycles. The minimum absolute atomic E-state index is 0.0554. The van der Waals surface area contributed by atoms with Gasteiger partial charge in [-0.1, -0.05) is 18.2 Å². The summed E-state index contributed by atoms with van der Waals surface area (Å²) in [6, 6.07) is 7.20. The van der Waals surface area contributed by atoms with Crippen molar-refractivity contribution in [2.24, 2.45) is 5.90 Å². The predicted octanol–water partition coefficient (Wildman–Crippen LogP) is 2.48. The summed E-state index contributed by atoms with van der Waals surface area (Å²) in [6.45, 7) is 0.999. The van der Waals surface area contributed by atoms with Crippen LogP contribution in [-0.2, 0) is 0 Å². The van der Waals surface area contributed by atoms with Gasteiger partial charge in [-0.25, -0.2) is 0 Å². The van der Waals surface area contributed by atoms with Gasteiger partial charge in [0.05, 0.1) is 11.6 Å². The number of allylic oxidation sites excluding steroid dienone is 2. The van der Waals surface area contributed by atoms with E-state index in [9.17, 15) is 4.79 Å². The van der Waals surface area contributed by atoms with Crippen molar-refractivity contribution in [3.05, 3.63) is 54.3 Å². The van der Waals surface area contributed by atoms with Crippen molar-refractivity contribution in [1.29, 1.82) is 0 Å². The van der Waals surface area contributed by atoms with Gasteiger partial charge in [0.1, 0.15) is 13.2 Å². The highest BCUT2D eigenvalue weighted by molar-refractivity contribution is 6.11. The molecule has 0 spiro atoms. The lowest BCUT2D eigenvalue weighted by Gasteiger charge is -2.20. The highest BCUT2D eigenvalue weighted by Gasteiger charge is 2.22. The van der Waals surface area contributed by atoms with Gasteiger partial charge in [-0.05, 0) is 35.9 Å². The lowest BCUT2D eigenvalue weighted by molar-refractivity contribution is 0.0974. The van der Waals surface area contributed by atoms with Crippen molar-refractivity contribution in [3.8, 4) is 17.2 Å². The maximum absolute atomic E-state index is 13.0. The second-order valence-corrected chi connectivity index (χ2v) is 5.92. The highest BCUT2D eigenvalue weighted by Crippen LogP contribution is 2.38. The normalized spacial score (nSPS) is 18.0. The molecule has 4 rings (SSSR count). The summed E-state index contributed by atoms with van der Waals surface area (Å²) in [6.07, 6.45) is 7.87. The Morgan fingerprint density at radius 2 is 2.00 bits per heavy atom. The number of fused-ring (bicyclic) bond motifs is 2. The number of hydrogen-bond donors (Lipinski definition) is 2. The molecule has 0 aliphatic carbocycles. The summed E-state index contributed by atoms with van der Waals surface area (Å²) in [5.41, 5.74) is 0.460. The van der Waals surface area contributed by atoms with Crippen LogP contribution in [0, 0.1) is 0 Å². The molecule has 1 unspecified atom stereocenters. The van der Waals surface area contributed by atoms with E-state index in [0.29, 0.717) is 42.4 Å². The van der Waals surface area contributed by atoms with Gasteiger partial charge in [-0.2, -0.15) is 5.90 Å². The fourth-order valence-electron chi connectivity index (χ4n) is 3.14. The Morgan fingerprint density at radius 1 is 1.20 bits per heavy atom. The van der Waals surface area contributed by atoms with E-state index in [1.165, 1.54) is 0 Å². The molecule has 0 saturated carbocycles. The molecule has 1 atom stereocenters. The van der Waals surface area contributed by atoms with Gasteiger partial charge in [0.15, 0.2) is 23.0 Å². The van der Waals surface area contributed by atoms with Crippen LogP contribution in [0.5, 0.6) is 17.2 Å². The van der Waals surface area contributed by atoms with E-state index in [4.69, 9.17) is 20.2 Å². The predicted molar refractivity (Wildman–Crippen MR) is 93.9 cm³/mol. The number of rotatable bonds is 4. The number of ether oxygens (including phenoxy) is 2. The van der Waals surface area contributed by atoms with E-state index in [1.807, 2.05) is 42.6 Å². The molecule has 2 heterocycles. The van der Waals surface area contributed by atoms with Crippen LogP contribution in [0.2, 0.25) is 0 Å². The molecule has 2 aliphatic rings. The second kappa shape index (κ2) is 6.49. The Balaban J connectivity index is 1.78. The van der Waals surface area contributed by atoms with Crippen molar-refractivity contribution < 1.29 is 19.1 Å². The van der Waals surface area contributed by atoms with Crippen LogP contribution in [0.25, 0.3) is 10.8 Å². The molecule has 2 aliphatic heterocycles. The van der Waals surface area contributed by atoms with Crippen LogP contribution in [0.3, 0.4) is 0 Å². The molecule has 0 radical (unpaired) electrons. The zero-order valence-corrected chi connectivity index (χ0v) is 13.5. The first-order chi connectivity index (χ1) is 12.3. The molecule has 0 bridgehead atoms. The maximum Gasteiger partial charge on any atom is 0.169 e. The Kier molecular flexibility index (Phi) is 4.03. The number of ketones is 1. The first kappa shape index (κ1) is 15.5. The smallest absolute Gasteiger partial charge is 0.169 e. The minimum Gasteiger partial charge on any atom is -0.486 e. The molecule has 6 heteroatoms. The fraction of sp³-hybridized carbons (Fsp3) is 0.211. The summed E-state index contributed by atoms with van der Waals surface area (Å²) in [5.74, 6) is 7.00. The van der Waals surface area contributed by atoms with Gasteiger partial charge in [0, 0.05) is 11.8 Å². The number of carbonyl (C=O) groups is 1. The zero-order chi connectivity index (χ0) is 17.2. The van der Waals surface area contributed by atoms with E-state index in [-0.39, 0.29) is 11.8 Å². The molecule has 0 amide bonds. The van der Waals surface area contributed by atoms with Gasteiger partial charge in [-0.15, -0.1) is 0 Å². The van der Waals surface area contributed by atoms with Gasteiger partial charge in [-0.3, -0.25) is 4.79 Å². The lowest BCUT2D eigenvalue weighted by atomic mass is 9.95. The number of carbonyl (C=O) groups excluding carboxylic acids is 1. The van der Waals surface area contributed by atoms with Crippen molar-refractivity contribution in [2.45, 2.75) is 12.5 Å². The Morgan fingerprint density at radius 3 is 2.72 bits per heavy atom. The number of Topliss-reactive ketones (excluding diaryl/α,β-unsaturated/α-hetero) is 1. The van der Waals surface area contributed by atoms with Gasteiger partial charge < -0.3 is 19.6 Å². The van der Waals surface area contributed by atoms with Crippen LogP contribution in [0.1, 0.15) is 16.8 Å². The molecule has 2 aromatic rings. The topological polar surface area (TPSA) is 82.8 Å². The maximum atomic E-state index is 13.0. The standard InChI is InChI=1S/C19H18N2O4/c20-25-16-5-4-12-9-17-18(24-8-7-23-17)11-14(12)19(16)15(22)10-13-3-1-2-6-21-13/h1-6,9,11,13,21H,7-8,10,20H2. The highest BCUT2D eigenvalue weighted by atomic mass is 16.6. The van der Waals surface area contributed by atoms with E-state index in [1.54, 1.807) is 6.07 Å². The third-order valence-electron chi connectivity index (χ3n) is 4.32. The first-order valence-electron chi connectivity index (χ1n) is 8.12. The van der Waals surface area contributed by atoms with Crippen molar-refractivity contribution in [3.63, 3.8) is 0 Å². The van der Waals surface area contributed by atoms with Crippen molar-refractivity contribution in [2.75, 3.05) is 13.2 Å². The first-order valence-corrected chi connectivity index (χ1v) is 8.12. The van der Waals surface area contributed by atoms with E-state index < -0.39 is 0 Å². The van der Waals surface area contributed by atoms with Gasteiger partial charge in [0.25, 0.3) is 0 Å². The fourth-order valence-corrected chi connectivity index (χ4v) is 3.14. The van der Waals surface area contributed by atoms with Crippen LogP contribution in [0.4, 0.5) is 0 Å². The van der Waals surface area contributed by atoms with E-state index in [0.717, 1.165) is 10.8 Å². The quantitative estimate of drug-likeness (QED) is 0.658. The SMILES string of the molecule is NOc1ccc2cc3c(cc2c1C(=O)CC1C=CC=CN1)OCCO3. The monoisotopic (exact) mass is 338 g/mol. The summed E-state index contributed by atoms with van der Waals surface area (Å²) < 4.78 is 11.3. The van der Waals surface area contributed by atoms with Crippen LogP contribution < -0.4 is 25.5 Å². The third-order valence-corrected chi connectivity index (χ3v) is 4.32. The number of nitrogens with two attached hydrogens (primary N) is 1. The molecular weight excluding hydrogens is 320 g/mol. The molecule has 0 fully saturated rings. The molecule has 25 heavy (non-hydrogen) atoms. The summed E-state index contributed by atoms with van der Waals surface area (Å²) in [4.78, 5) is 17.9. The average molecular weight is 338 g/mol. The van der Waals surface area contributed by atoms with Crippen LogP contribution in [-0.4, -0.2) is 25.0 Å². The molecule has 3 N–H and O–H groups in total. The van der Waals surface area contributed by atoms with Crippen molar-refractivity contribution >= 4 is 16.6 Å². The second-order valence-electron chi connectivity index (χ2n) is 5.92. The summed E-state index contributed by atoms with van der Waals surface area (Å²) in [5, 5.41) is 4.77. The zero-order valence-electron chi connectivity index (χ0n) is 13.5. The lowest BCUT2D eigenvalue weighted by Crippen LogP contribution is -2.27. The third kappa shape index (κ3) is 2.92. The van der Waals surface area contributed by atoms with Crippen LogP contribution in [0.15, 0.2) is 48.7 Å². The van der Waals surface area contributed by atoms with Gasteiger partial charge in [0.2, 0.25) is 0 Å².